The average Bonchev–Trinajstić information content (AvgIpc) is 3.51. The highest BCUT2D eigenvalue weighted by Crippen LogP contribution is 2.36. The van der Waals surface area contributed by atoms with Crippen molar-refractivity contribution in [2.75, 3.05) is 73.2 Å². The molecular weight excluding hydrogens is 1070 g/mol. The van der Waals surface area contributed by atoms with E-state index in [-0.39, 0.29) is 16.1 Å². The number of nitrogen functional groups attached to an aromatic ring is 1. The van der Waals surface area contributed by atoms with Crippen LogP contribution in [-0.4, -0.2) is 97.3 Å². The maximum atomic E-state index is 12.8. The molecule has 14 nitrogen and oxygen atoms in total. The first-order valence-electron chi connectivity index (χ1n) is 18.0. The van der Waals surface area contributed by atoms with Gasteiger partial charge in [0.05, 0.1) is 32.6 Å². The van der Waals surface area contributed by atoms with Crippen molar-refractivity contribution in [3.05, 3.63) is 67.8 Å². The first-order valence-corrected chi connectivity index (χ1v) is 22.8. The van der Waals surface area contributed by atoms with E-state index >= 15 is 0 Å². The van der Waals surface area contributed by atoms with Gasteiger partial charge < -0.3 is 35.2 Å². The molecule has 0 spiro atoms. The lowest BCUT2D eigenvalue weighted by molar-refractivity contribution is -0.138. The average molecular weight is 1110 g/mol. The van der Waals surface area contributed by atoms with Crippen LogP contribution < -0.4 is 26.2 Å². The number of rotatable bonds is 3. The predicted octanol–water partition coefficient (Wildman–Crippen LogP) is 11.6. The lowest BCUT2D eigenvalue weighted by atomic mass is 10.2. The Hall–Kier alpha value is -2.64. The Labute approximate surface area is 410 Å². The van der Waals surface area contributed by atoms with Crippen molar-refractivity contribution in [3.63, 3.8) is 0 Å². The Morgan fingerprint density at radius 2 is 1.22 bits per heavy atom. The van der Waals surface area contributed by atoms with Crippen LogP contribution in [0.2, 0.25) is 10.0 Å². The van der Waals surface area contributed by atoms with E-state index in [0.717, 1.165) is 62.0 Å². The van der Waals surface area contributed by atoms with Crippen molar-refractivity contribution in [1.82, 2.24) is 30.2 Å². The molecule has 4 N–H and O–H groups in total. The molecule has 6 rings (SSSR count). The molecular formula is C34H36Cl8F6N10O4S2. The van der Waals surface area contributed by atoms with E-state index < -0.39 is 37.6 Å². The van der Waals surface area contributed by atoms with Gasteiger partial charge in [0.15, 0.2) is 10.3 Å². The predicted molar refractivity (Wildman–Crippen MR) is 242 cm³/mol. The summed E-state index contributed by atoms with van der Waals surface area (Å²) in [7, 11) is 0. The third-order valence-corrected chi connectivity index (χ3v) is 10.6. The molecule has 0 saturated carbocycles. The fraction of sp³-hybridized carbons (Fsp3) is 0.471. The number of nitrogens with one attached hydrogen (secondary N) is 2. The second kappa shape index (κ2) is 24.9. The second-order valence-corrected chi connectivity index (χ2v) is 19.8. The minimum atomic E-state index is -4.49. The van der Waals surface area contributed by atoms with E-state index in [2.05, 4.69) is 40.0 Å². The Bertz CT molecular complexity index is 2090. The standard InChI is InChI=1S/C16H17ClF3N5OS.C11H13ClF3N3.C4H6N2S.C3Cl6O3/c1-10-9-27-14(22-10)23-15(26)25-4-2-3-24(5-6-25)13-12(17)7-11(8-21-13)16(18,19)20;12-9-6-8(11(13,14)15)7-17-10(9)18-4-1-2-16-3-5-18;1-3-2-7-4(5)6-3;4-2(5,6)11-1(10)12-3(7,8)9/h7-9H,2-6H2,1H3,(H,22,23,26);6-7,16H,1-5H2;2H,1H3,(H2,5,6);. The van der Waals surface area contributed by atoms with Crippen LogP contribution >= 0.6 is 115 Å². The number of halogens is 14. The number of hydrogen-bond donors (Lipinski definition) is 3. The number of thiazole rings is 2. The minimum Gasteiger partial charge on any atom is -0.382 e. The summed E-state index contributed by atoms with van der Waals surface area (Å²) >= 11 is 45.0. The Morgan fingerprint density at radius 1 is 0.719 bits per heavy atom. The molecule has 0 radical (unpaired) electrons. The summed E-state index contributed by atoms with van der Waals surface area (Å²) in [6.07, 6.45) is -7.13. The monoisotopic (exact) mass is 1110 g/mol. The summed E-state index contributed by atoms with van der Waals surface area (Å²) in [4.78, 5) is 44.1. The van der Waals surface area contributed by atoms with E-state index in [4.69, 9.17) is 98.5 Å². The summed E-state index contributed by atoms with van der Waals surface area (Å²) in [6, 6.07) is 1.56. The van der Waals surface area contributed by atoms with Gasteiger partial charge in [-0.05, 0) is 115 Å². The number of pyridine rings is 2. The van der Waals surface area contributed by atoms with Gasteiger partial charge in [0.2, 0.25) is 0 Å². The highest BCUT2D eigenvalue weighted by Gasteiger charge is 2.34. The number of carbonyl (C=O) groups excluding carboxylic acids is 2. The fourth-order valence-corrected chi connectivity index (χ4v) is 7.36. The first-order chi connectivity index (χ1) is 29.6. The Morgan fingerprint density at radius 3 is 1.64 bits per heavy atom. The molecule has 4 aromatic heterocycles. The SMILES string of the molecule is Cc1csc(N)n1.Cc1csc(NC(=O)N2CCCN(c3ncc(C(F)(F)F)cc3Cl)CC2)n1.FC(F)(F)c1cnc(N2CCCNCC2)c(Cl)c1.O=C(OC(Cl)(Cl)Cl)OC(Cl)(Cl)Cl. The summed E-state index contributed by atoms with van der Waals surface area (Å²) in [6.45, 7) is 8.75. The largest absolute Gasteiger partial charge is 0.515 e. The molecule has 2 fully saturated rings. The summed E-state index contributed by atoms with van der Waals surface area (Å²) < 4.78 is 79.2. The molecule has 0 bridgehead atoms. The molecule has 356 valence electrons. The van der Waals surface area contributed by atoms with Crippen molar-refractivity contribution < 1.29 is 45.4 Å². The zero-order valence-electron chi connectivity index (χ0n) is 33.0. The van der Waals surface area contributed by atoms with E-state index in [9.17, 15) is 35.9 Å². The van der Waals surface area contributed by atoms with Gasteiger partial charge in [0, 0.05) is 69.0 Å². The fourth-order valence-electron chi connectivity index (χ4n) is 5.19. The van der Waals surface area contributed by atoms with Crippen LogP contribution in [0.3, 0.4) is 0 Å². The number of aryl methyl sites for hydroxylation is 2. The van der Waals surface area contributed by atoms with Crippen molar-refractivity contribution in [2.45, 2.75) is 47.0 Å². The van der Waals surface area contributed by atoms with Gasteiger partial charge in [-0.3, -0.25) is 5.32 Å². The van der Waals surface area contributed by atoms with Crippen molar-refractivity contribution in [3.8, 4) is 0 Å². The summed E-state index contributed by atoms with van der Waals surface area (Å²) in [5.41, 5.74) is 5.42. The lowest BCUT2D eigenvalue weighted by Crippen LogP contribution is -2.38. The minimum absolute atomic E-state index is 0.0479. The maximum absolute atomic E-state index is 12.8. The number of anilines is 4. The molecule has 4 aromatic rings. The molecule has 0 unspecified atom stereocenters. The van der Waals surface area contributed by atoms with Crippen LogP contribution in [0.4, 0.5) is 57.8 Å². The van der Waals surface area contributed by atoms with Gasteiger partial charge in [0.1, 0.15) is 11.6 Å². The highest BCUT2D eigenvalue weighted by molar-refractivity contribution is 7.14. The van der Waals surface area contributed by atoms with Gasteiger partial charge >= 0.3 is 32.5 Å². The smallest absolute Gasteiger partial charge is 0.382 e. The summed E-state index contributed by atoms with van der Waals surface area (Å²) in [5, 5.41) is 10.9. The van der Waals surface area contributed by atoms with Gasteiger partial charge in [-0.25, -0.2) is 29.5 Å². The van der Waals surface area contributed by atoms with E-state index in [1.54, 1.807) is 9.80 Å². The molecule has 0 atom stereocenters. The zero-order valence-corrected chi connectivity index (χ0v) is 40.7. The molecule has 0 aliphatic carbocycles. The lowest BCUT2D eigenvalue weighted by Gasteiger charge is -2.24. The third kappa shape index (κ3) is 20.5. The third-order valence-electron chi connectivity index (χ3n) is 7.89. The van der Waals surface area contributed by atoms with Crippen LogP contribution in [0, 0.1) is 13.8 Å². The number of carbonyl (C=O) groups is 2. The van der Waals surface area contributed by atoms with Gasteiger partial charge in [0.25, 0.3) is 0 Å². The molecule has 2 amide bonds. The first kappa shape index (κ1) is 55.7. The number of amides is 2. The number of hydrogen-bond acceptors (Lipinski definition) is 14. The highest BCUT2D eigenvalue weighted by atomic mass is 35.6. The molecule has 2 aliphatic heterocycles. The van der Waals surface area contributed by atoms with Crippen LogP contribution in [0.1, 0.15) is 35.4 Å². The number of ether oxygens (including phenoxy) is 2. The number of nitrogens with two attached hydrogens (primary N) is 1. The number of alkyl halides is 12. The number of urea groups is 1. The second-order valence-electron chi connectivity index (χ2n) is 12.9. The molecule has 6 heterocycles. The Balaban J connectivity index is 0.000000253. The molecule has 64 heavy (non-hydrogen) atoms. The van der Waals surface area contributed by atoms with E-state index in [0.29, 0.717) is 61.0 Å². The van der Waals surface area contributed by atoms with Crippen LogP contribution in [0.25, 0.3) is 0 Å². The molecule has 0 aromatic carbocycles. The van der Waals surface area contributed by atoms with Crippen molar-refractivity contribution in [2.24, 2.45) is 0 Å². The molecule has 30 heteroatoms. The van der Waals surface area contributed by atoms with Crippen molar-refractivity contribution in [1.29, 1.82) is 0 Å². The number of aromatic nitrogens is 4. The normalized spacial score (nSPS) is 14.9. The maximum Gasteiger partial charge on any atom is 0.515 e. The van der Waals surface area contributed by atoms with Crippen LogP contribution in [-0.2, 0) is 21.8 Å². The topological polar surface area (TPSA) is 164 Å². The molecule has 2 saturated heterocycles. The number of nitrogens with zero attached hydrogens (tertiary/aromatic N) is 7. The van der Waals surface area contributed by atoms with Gasteiger partial charge in [-0.2, -0.15) is 26.3 Å². The van der Waals surface area contributed by atoms with Gasteiger partial charge in [-0.1, -0.05) is 23.2 Å². The van der Waals surface area contributed by atoms with E-state index in [1.165, 1.54) is 22.7 Å². The van der Waals surface area contributed by atoms with E-state index in [1.807, 2.05) is 29.5 Å². The van der Waals surface area contributed by atoms with Crippen molar-refractivity contribution >= 4 is 150 Å². The quantitative estimate of drug-likeness (QED) is 0.101. The van der Waals surface area contributed by atoms with Gasteiger partial charge in [-0.15, -0.1) is 22.7 Å². The molecule has 2 aliphatic rings. The van der Waals surface area contributed by atoms with Crippen LogP contribution in [0.15, 0.2) is 35.3 Å². The summed E-state index contributed by atoms with van der Waals surface area (Å²) in [5.74, 6) is 0.718. The Kier molecular flexibility index (Phi) is 21.7. The van der Waals surface area contributed by atoms with Crippen LogP contribution in [0.5, 0.6) is 0 Å². The zero-order chi connectivity index (χ0) is 48.0.